The van der Waals surface area contributed by atoms with Crippen molar-refractivity contribution in [2.24, 2.45) is 0 Å². The van der Waals surface area contributed by atoms with Crippen LogP contribution in [0.15, 0.2) is 42.5 Å². The van der Waals surface area contributed by atoms with Crippen LogP contribution in [0.2, 0.25) is 0 Å². The van der Waals surface area contributed by atoms with E-state index in [-0.39, 0.29) is 5.82 Å². The zero-order valence-electron chi connectivity index (χ0n) is 9.98. The average molecular weight is 239 g/mol. The quantitative estimate of drug-likeness (QED) is 0.742. The van der Waals surface area contributed by atoms with Crippen LogP contribution in [0.5, 0.6) is 5.75 Å². The van der Waals surface area contributed by atoms with Crippen LogP contribution in [0.25, 0.3) is 0 Å². The summed E-state index contributed by atoms with van der Waals surface area (Å²) in [5.74, 6) is 2.86. The van der Waals surface area contributed by atoms with Crippen molar-refractivity contribution in [2.45, 2.75) is 13.0 Å². The standard InChI is InChI=1S/C16H12FO/c1-3-16(18-14-7-5-4-6-8-14)15-11-13(17)10-9-12(15)2/h1,5-11,16H,2H3. The Bertz CT molecular complexity index is 569. The fourth-order valence-electron chi connectivity index (χ4n) is 1.67. The fraction of sp³-hybridized carbons (Fsp3) is 0.125. The first-order valence-electron chi connectivity index (χ1n) is 5.55. The van der Waals surface area contributed by atoms with E-state index in [1.165, 1.54) is 12.1 Å². The molecule has 0 aliphatic carbocycles. The van der Waals surface area contributed by atoms with Gasteiger partial charge in [-0.2, -0.15) is 0 Å². The number of hydrogen-bond donors (Lipinski definition) is 0. The molecule has 0 aromatic heterocycles. The third-order valence-corrected chi connectivity index (χ3v) is 2.62. The molecule has 1 atom stereocenters. The van der Waals surface area contributed by atoms with Gasteiger partial charge in [0.2, 0.25) is 0 Å². The lowest BCUT2D eigenvalue weighted by Gasteiger charge is -2.16. The summed E-state index contributed by atoms with van der Waals surface area (Å²) in [5.41, 5.74) is 1.58. The van der Waals surface area contributed by atoms with Gasteiger partial charge < -0.3 is 4.74 Å². The highest BCUT2D eigenvalue weighted by atomic mass is 19.1. The van der Waals surface area contributed by atoms with Crippen molar-refractivity contribution >= 4 is 0 Å². The topological polar surface area (TPSA) is 9.23 Å². The van der Waals surface area contributed by atoms with Crippen molar-refractivity contribution in [2.75, 3.05) is 0 Å². The maximum atomic E-state index is 13.3. The van der Waals surface area contributed by atoms with Crippen LogP contribution in [0.3, 0.4) is 0 Å². The molecule has 0 heterocycles. The van der Waals surface area contributed by atoms with Crippen molar-refractivity contribution in [3.8, 4) is 18.1 Å². The Hall–Kier alpha value is -2.27. The highest BCUT2D eigenvalue weighted by Crippen LogP contribution is 2.24. The minimum absolute atomic E-state index is 0.319. The molecule has 1 radical (unpaired) electrons. The Labute approximate surface area is 106 Å². The molecule has 0 fully saturated rings. The summed E-state index contributed by atoms with van der Waals surface area (Å²) < 4.78 is 18.9. The third-order valence-electron chi connectivity index (χ3n) is 2.62. The molecule has 0 N–H and O–H groups in total. The summed E-state index contributed by atoms with van der Waals surface area (Å²) in [4.78, 5) is 0. The molecule has 2 heteroatoms. The lowest BCUT2D eigenvalue weighted by Crippen LogP contribution is -2.07. The van der Waals surface area contributed by atoms with Crippen LogP contribution in [0, 0.1) is 31.2 Å². The first-order valence-corrected chi connectivity index (χ1v) is 5.55. The van der Waals surface area contributed by atoms with Crippen LogP contribution >= 0.6 is 0 Å². The molecule has 0 aliphatic heterocycles. The van der Waals surface area contributed by atoms with Crippen LogP contribution in [0.4, 0.5) is 4.39 Å². The van der Waals surface area contributed by atoms with E-state index in [1.54, 1.807) is 30.3 Å². The molecule has 89 valence electrons. The zero-order chi connectivity index (χ0) is 13.0. The molecule has 18 heavy (non-hydrogen) atoms. The predicted molar refractivity (Wildman–Crippen MR) is 68.6 cm³/mol. The smallest absolute Gasteiger partial charge is 0.184 e. The van der Waals surface area contributed by atoms with Gasteiger partial charge in [0, 0.05) is 5.56 Å². The van der Waals surface area contributed by atoms with Crippen molar-refractivity contribution in [1.82, 2.24) is 0 Å². The number of hydrogen-bond acceptors (Lipinski definition) is 1. The SMILES string of the molecule is C#CC(Oc1cc[c]cc1)c1cc(F)ccc1C. The van der Waals surface area contributed by atoms with Gasteiger partial charge in [-0.15, -0.1) is 6.42 Å². The lowest BCUT2D eigenvalue weighted by molar-refractivity contribution is 0.263. The molecule has 2 aromatic rings. The molecule has 0 bridgehead atoms. The van der Waals surface area contributed by atoms with Crippen LogP contribution in [-0.2, 0) is 0 Å². The van der Waals surface area contributed by atoms with Gasteiger partial charge in [-0.05, 0) is 42.8 Å². The predicted octanol–water partition coefficient (Wildman–Crippen LogP) is 3.69. The van der Waals surface area contributed by atoms with Crippen LogP contribution in [0.1, 0.15) is 17.2 Å². The summed E-state index contributed by atoms with van der Waals surface area (Å²) in [6.07, 6.45) is 4.87. The molecule has 1 unspecified atom stereocenters. The number of terminal acetylenes is 1. The molecule has 2 rings (SSSR count). The van der Waals surface area contributed by atoms with Gasteiger partial charge in [-0.3, -0.25) is 0 Å². The molecule has 1 nitrogen and oxygen atoms in total. The lowest BCUT2D eigenvalue weighted by atomic mass is 10.0. The van der Waals surface area contributed by atoms with Crippen molar-refractivity contribution in [3.05, 3.63) is 65.5 Å². The number of halogens is 1. The van der Waals surface area contributed by atoms with Gasteiger partial charge in [-0.1, -0.05) is 24.1 Å². The Balaban J connectivity index is 2.29. The largest absolute Gasteiger partial charge is 0.473 e. The monoisotopic (exact) mass is 239 g/mol. The minimum atomic E-state index is -0.594. The Morgan fingerprint density at radius 3 is 2.67 bits per heavy atom. The summed E-state index contributed by atoms with van der Waals surface area (Å²) in [6.45, 7) is 1.88. The zero-order valence-corrected chi connectivity index (χ0v) is 9.98. The summed E-state index contributed by atoms with van der Waals surface area (Å²) in [5, 5.41) is 0. The van der Waals surface area contributed by atoms with E-state index >= 15 is 0 Å². The van der Waals surface area contributed by atoms with Gasteiger partial charge in [0.05, 0.1) is 0 Å². The second-order valence-electron chi connectivity index (χ2n) is 3.90. The van der Waals surface area contributed by atoms with Gasteiger partial charge in [0.15, 0.2) is 6.10 Å². The molecule has 0 spiro atoms. The number of aryl methyl sites for hydroxylation is 1. The number of ether oxygens (including phenoxy) is 1. The molecular formula is C16H12FO. The van der Waals surface area contributed by atoms with E-state index in [2.05, 4.69) is 12.0 Å². The first-order chi connectivity index (χ1) is 8.70. The maximum Gasteiger partial charge on any atom is 0.184 e. The first kappa shape index (κ1) is 12.2. The second kappa shape index (κ2) is 5.37. The number of benzene rings is 2. The van der Waals surface area contributed by atoms with E-state index in [9.17, 15) is 4.39 Å². The molecule has 0 amide bonds. The molecule has 0 saturated heterocycles. The fourth-order valence-corrected chi connectivity index (χ4v) is 1.67. The Kier molecular flexibility index (Phi) is 3.64. The molecule has 0 saturated carbocycles. The molecule has 0 aliphatic rings. The minimum Gasteiger partial charge on any atom is -0.473 e. The van der Waals surface area contributed by atoms with E-state index in [4.69, 9.17) is 11.2 Å². The van der Waals surface area contributed by atoms with Crippen molar-refractivity contribution in [1.29, 1.82) is 0 Å². The second-order valence-corrected chi connectivity index (χ2v) is 3.90. The van der Waals surface area contributed by atoms with E-state index < -0.39 is 6.10 Å². The normalized spacial score (nSPS) is 11.6. The average Bonchev–Trinajstić information content (AvgIpc) is 2.40. The summed E-state index contributed by atoms with van der Waals surface area (Å²) >= 11 is 0. The molecule has 2 aromatic carbocycles. The molecular weight excluding hydrogens is 227 g/mol. The Morgan fingerprint density at radius 2 is 2.00 bits per heavy atom. The van der Waals surface area contributed by atoms with Gasteiger partial charge in [0.25, 0.3) is 0 Å². The third kappa shape index (κ3) is 2.70. The van der Waals surface area contributed by atoms with E-state index in [1.807, 2.05) is 6.92 Å². The van der Waals surface area contributed by atoms with Gasteiger partial charge >= 0.3 is 0 Å². The van der Waals surface area contributed by atoms with Crippen LogP contribution < -0.4 is 4.74 Å². The van der Waals surface area contributed by atoms with Gasteiger partial charge in [-0.25, -0.2) is 4.39 Å². The summed E-state index contributed by atoms with van der Waals surface area (Å²) in [6, 6.07) is 14.4. The maximum absolute atomic E-state index is 13.3. The van der Waals surface area contributed by atoms with Crippen molar-refractivity contribution in [3.63, 3.8) is 0 Å². The highest BCUT2D eigenvalue weighted by molar-refractivity contribution is 5.34. The Morgan fingerprint density at radius 1 is 1.28 bits per heavy atom. The number of rotatable bonds is 3. The van der Waals surface area contributed by atoms with Gasteiger partial charge in [0.1, 0.15) is 11.6 Å². The van der Waals surface area contributed by atoms with Crippen molar-refractivity contribution < 1.29 is 9.13 Å². The van der Waals surface area contributed by atoms with E-state index in [0.29, 0.717) is 11.3 Å². The van der Waals surface area contributed by atoms with E-state index in [0.717, 1.165) is 5.56 Å². The van der Waals surface area contributed by atoms with Crippen LogP contribution in [-0.4, -0.2) is 0 Å². The highest BCUT2D eigenvalue weighted by Gasteiger charge is 2.13. The summed E-state index contributed by atoms with van der Waals surface area (Å²) in [7, 11) is 0.